The molecule has 100 valence electrons. The van der Waals surface area contributed by atoms with Gasteiger partial charge in [-0.25, -0.2) is 0 Å². The van der Waals surface area contributed by atoms with E-state index >= 15 is 0 Å². The molecule has 0 spiro atoms. The van der Waals surface area contributed by atoms with Gasteiger partial charge in [-0.15, -0.1) is 0 Å². The van der Waals surface area contributed by atoms with Gasteiger partial charge in [0.25, 0.3) is 0 Å². The lowest BCUT2D eigenvalue weighted by molar-refractivity contribution is -0.0883. The summed E-state index contributed by atoms with van der Waals surface area (Å²) in [7, 11) is 0. The maximum atomic E-state index is 5.98. The topological polar surface area (TPSA) is 38.5 Å². The molecule has 0 aromatic carbocycles. The molecule has 1 aliphatic heterocycles. The predicted octanol–water partition coefficient (Wildman–Crippen LogP) is 2.15. The van der Waals surface area contributed by atoms with Crippen LogP contribution in [0.1, 0.15) is 51.9 Å². The average Bonchev–Trinajstić information content (AvgIpc) is 2.39. The third-order valence-corrected chi connectivity index (χ3v) is 4.39. The zero-order valence-corrected chi connectivity index (χ0v) is 11.2. The van der Waals surface area contributed by atoms with E-state index in [9.17, 15) is 0 Å². The Balaban J connectivity index is 1.74. The van der Waals surface area contributed by atoms with E-state index < -0.39 is 0 Å². The Bertz CT molecular complexity index is 220. The van der Waals surface area contributed by atoms with Crippen molar-refractivity contribution in [2.24, 2.45) is 5.73 Å². The van der Waals surface area contributed by atoms with Crippen molar-refractivity contribution in [1.82, 2.24) is 4.90 Å². The molecule has 0 aromatic rings. The molecule has 3 heteroatoms. The van der Waals surface area contributed by atoms with Crippen molar-refractivity contribution >= 4 is 0 Å². The van der Waals surface area contributed by atoms with Gasteiger partial charge in [0.2, 0.25) is 0 Å². The van der Waals surface area contributed by atoms with E-state index in [4.69, 9.17) is 10.5 Å². The Morgan fingerprint density at radius 1 is 1.35 bits per heavy atom. The Labute approximate surface area is 106 Å². The number of ether oxygens (including phenoxy) is 1. The number of fused-ring (bicyclic) bond motifs is 1. The summed E-state index contributed by atoms with van der Waals surface area (Å²) in [6.07, 6.45) is 9.40. The first-order chi connectivity index (χ1) is 8.31. The molecule has 1 heterocycles. The van der Waals surface area contributed by atoms with Crippen LogP contribution in [-0.2, 0) is 4.74 Å². The average molecular weight is 240 g/mol. The third-order valence-electron chi connectivity index (χ3n) is 4.39. The number of nitrogens with zero attached hydrogens (tertiary/aromatic N) is 1. The Morgan fingerprint density at radius 2 is 2.18 bits per heavy atom. The van der Waals surface area contributed by atoms with Crippen molar-refractivity contribution in [3.05, 3.63) is 0 Å². The first-order valence-electron chi connectivity index (χ1n) is 7.42. The molecule has 2 N–H and O–H groups in total. The second-order valence-corrected chi connectivity index (χ2v) is 5.61. The minimum Gasteiger partial charge on any atom is -0.375 e. The summed E-state index contributed by atoms with van der Waals surface area (Å²) >= 11 is 0. The van der Waals surface area contributed by atoms with Crippen LogP contribution in [0.25, 0.3) is 0 Å². The molecule has 1 saturated heterocycles. The van der Waals surface area contributed by atoms with Gasteiger partial charge in [-0.05, 0) is 38.6 Å². The smallest absolute Gasteiger partial charge is 0.0730 e. The standard InChI is InChI=1S/C14H28N2O/c1-2-12(15)6-5-9-16-10-11-17-14-8-4-3-7-13(14)16/h12-14H,2-11,15H2,1H3. The number of morpholine rings is 1. The van der Waals surface area contributed by atoms with Crippen molar-refractivity contribution in [2.45, 2.75) is 70.1 Å². The van der Waals surface area contributed by atoms with Crippen molar-refractivity contribution < 1.29 is 4.74 Å². The van der Waals surface area contributed by atoms with Gasteiger partial charge in [0.1, 0.15) is 0 Å². The SMILES string of the molecule is CCC(N)CCCN1CCOC2CCCCC21. The molecule has 1 saturated carbocycles. The molecular formula is C14H28N2O. The van der Waals surface area contributed by atoms with E-state index in [1.165, 1.54) is 45.1 Å². The molecule has 3 nitrogen and oxygen atoms in total. The van der Waals surface area contributed by atoms with Crippen LogP contribution in [0.15, 0.2) is 0 Å². The zero-order valence-electron chi connectivity index (χ0n) is 11.2. The summed E-state index contributed by atoms with van der Waals surface area (Å²) in [6.45, 7) is 5.46. The first-order valence-corrected chi connectivity index (χ1v) is 7.42. The summed E-state index contributed by atoms with van der Waals surface area (Å²) in [5.41, 5.74) is 5.98. The van der Waals surface area contributed by atoms with Gasteiger partial charge >= 0.3 is 0 Å². The fraction of sp³-hybridized carbons (Fsp3) is 1.00. The highest BCUT2D eigenvalue weighted by Crippen LogP contribution is 2.28. The van der Waals surface area contributed by atoms with Gasteiger partial charge in [0.15, 0.2) is 0 Å². The quantitative estimate of drug-likeness (QED) is 0.800. The Hall–Kier alpha value is -0.120. The number of hydrogen-bond acceptors (Lipinski definition) is 3. The van der Waals surface area contributed by atoms with Crippen LogP contribution in [0.2, 0.25) is 0 Å². The van der Waals surface area contributed by atoms with E-state index in [-0.39, 0.29) is 0 Å². The minimum absolute atomic E-state index is 0.401. The van der Waals surface area contributed by atoms with Crippen molar-refractivity contribution in [3.8, 4) is 0 Å². The minimum atomic E-state index is 0.401. The van der Waals surface area contributed by atoms with Crippen LogP contribution in [0.3, 0.4) is 0 Å². The van der Waals surface area contributed by atoms with Crippen molar-refractivity contribution in [2.75, 3.05) is 19.7 Å². The summed E-state index contributed by atoms with van der Waals surface area (Å²) < 4.78 is 5.89. The van der Waals surface area contributed by atoms with E-state index in [0.29, 0.717) is 18.2 Å². The van der Waals surface area contributed by atoms with E-state index in [2.05, 4.69) is 11.8 Å². The fourth-order valence-corrected chi connectivity index (χ4v) is 3.21. The molecular weight excluding hydrogens is 212 g/mol. The van der Waals surface area contributed by atoms with Crippen LogP contribution >= 0.6 is 0 Å². The lowest BCUT2D eigenvalue weighted by atomic mass is 9.90. The second kappa shape index (κ2) is 6.72. The summed E-state index contributed by atoms with van der Waals surface area (Å²) in [6, 6.07) is 1.11. The monoisotopic (exact) mass is 240 g/mol. The largest absolute Gasteiger partial charge is 0.375 e. The maximum absolute atomic E-state index is 5.98. The Morgan fingerprint density at radius 3 is 3.00 bits per heavy atom. The predicted molar refractivity (Wildman–Crippen MR) is 71.1 cm³/mol. The highest BCUT2D eigenvalue weighted by molar-refractivity contribution is 4.87. The third kappa shape index (κ3) is 3.67. The van der Waals surface area contributed by atoms with E-state index in [1.54, 1.807) is 0 Å². The fourth-order valence-electron chi connectivity index (χ4n) is 3.21. The molecule has 0 bridgehead atoms. The van der Waals surface area contributed by atoms with Crippen LogP contribution in [0, 0.1) is 0 Å². The molecule has 2 aliphatic rings. The van der Waals surface area contributed by atoms with Crippen LogP contribution in [-0.4, -0.2) is 42.8 Å². The van der Waals surface area contributed by atoms with Crippen molar-refractivity contribution in [3.63, 3.8) is 0 Å². The zero-order chi connectivity index (χ0) is 12.1. The first kappa shape index (κ1) is 13.3. The molecule has 0 aromatic heterocycles. The van der Waals surface area contributed by atoms with Crippen molar-refractivity contribution in [1.29, 1.82) is 0 Å². The molecule has 0 amide bonds. The summed E-state index contributed by atoms with van der Waals surface area (Å²) in [5, 5.41) is 0. The second-order valence-electron chi connectivity index (χ2n) is 5.61. The number of hydrogen-bond donors (Lipinski definition) is 1. The molecule has 0 radical (unpaired) electrons. The van der Waals surface area contributed by atoms with Gasteiger partial charge in [0, 0.05) is 18.6 Å². The highest BCUT2D eigenvalue weighted by atomic mass is 16.5. The lowest BCUT2D eigenvalue weighted by Gasteiger charge is -2.44. The van der Waals surface area contributed by atoms with E-state index in [1.807, 2.05) is 0 Å². The maximum Gasteiger partial charge on any atom is 0.0730 e. The number of nitrogens with two attached hydrogens (primary N) is 1. The molecule has 1 aliphatic carbocycles. The van der Waals surface area contributed by atoms with E-state index in [0.717, 1.165) is 19.6 Å². The summed E-state index contributed by atoms with van der Waals surface area (Å²) in [4.78, 5) is 2.66. The number of rotatable bonds is 5. The normalized spacial score (nSPS) is 32.1. The van der Waals surface area contributed by atoms with Crippen LogP contribution in [0.5, 0.6) is 0 Å². The molecule has 17 heavy (non-hydrogen) atoms. The van der Waals surface area contributed by atoms with Crippen LogP contribution in [0.4, 0.5) is 0 Å². The van der Waals surface area contributed by atoms with Gasteiger partial charge in [0.05, 0.1) is 12.7 Å². The van der Waals surface area contributed by atoms with Gasteiger partial charge in [-0.1, -0.05) is 19.8 Å². The molecule has 3 atom stereocenters. The molecule has 2 fully saturated rings. The van der Waals surface area contributed by atoms with Gasteiger partial charge in [-0.2, -0.15) is 0 Å². The van der Waals surface area contributed by atoms with Gasteiger partial charge in [-0.3, -0.25) is 4.90 Å². The molecule has 3 unspecified atom stereocenters. The highest BCUT2D eigenvalue weighted by Gasteiger charge is 2.33. The van der Waals surface area contributed by atoms with Crippen LogP contribution < -0.4 is 5.73 Å². The Kier molecular flexibility index (Phi) is 5.26. The van der Waals surface area contributed by atoms with Gasteiger partial charge < -0.3 is 10.5 Å². The molecule has 2 rings (SSSR count). The lowest BCUT2D eigenvalue weighted by Crippen LogP contribution is -2.52. The summed E-state index contributed by atoms with van der Waals surface area (Å²) in [5.74, 6) is 0.